The number of rotatable bonds is 5. The minimum absolute atomic E-state index is 0.136. The second-order valence-corrected chi connectivity index (χ2v) is 5.08. The van der Waals surface area contributed by atoms with Gasteiger partial charge in [0.25, 0.3) is 0 Å². The Hall–Kier alpha value is -2.34. The molecule has 1 unspecified atom stereocenters. The molecule has 0 aromatic heterocycles. The third kappa shape index (κ3) is 2.57. The van der Waals surface area contributed by atoms with E-state index in [0.717, 1.165) is 5.56 Å². The lowest BCUT2D eigenvalue weighted by molar-refractivity contribution is -0.136. The Kier molecular flexibility index (Phi) is 4.11. The first kappa shape index (κ1) is 14.6. The molecule has 2 heterocycles. The number of esters is 1. The lowest BCUT2D eigenvalue weighted by Crippen LogP contribution is -2.48. The molecule has 0 bridgehead atoms. The highest BCUT2D eigenvalue weighted by atomic mass is 16.5. The summed E-state index contributed by atoms with van der Waals surface area (Å²) in [5.74, 6) is -0.370. The van der Waals surface area contributed by atoms with Crippen molar-refractivity contribution in [1.29, 1.82) is 0 Å². The van der Waals surface area contributed by atoms with Gasteiger partial charge in [0.05, 0.1) is 30.5 Å². The van der Waals surface area contributed by atoms with Crippen LogP contribution in [-0.2, 0) is 14.3 Å². The van der Waals surface area contributed by atoms with Gasteiger partial charge in [-0.15, -0.1) is 0 Å². The zero-order chi connectivity index (χ0) is 15.5. The molecule has 0 radical (unpaired) electrons. The van der Waals surface area contributed by atoms with E-state index in [0.29, 0.717) is 31.0 Å². The summed E-state index contributed by atoms with van der Waals surface area (Å²) in [7, 11) is 0. The van der Waals surface area contributed by atoms with E-state index < -0.39 is 6.04 Å². The number of nitrogens with zero attached hydrogens (tertiary/aromatic N) is 1. The predicted octanol–water partition coefficient (Wildman–Crippen LogP) is 1.60. The monoisotopic (exact) mass is 302 g/mol. The highest BCUT2D eigenvalue weighted by Gasteiger charge is 2.41. The largest absolute Gasteiger partial charge is 0.456 e. The van der Waals surface area contributed by atoms with Crippen molar-refractivity contribution in [2.75, 3.05) is 26.4 Å². The molecular formula is C16H18N2O4. The summed E-state index contributed by atoms with van der Waals surface area (Å²) in [4.78, 5) is 26.0. The second kappa shape index (κ2) is 6.19. The Labute approximate surface area is 128 Å². The zero-order valence-corrected chi connectivity index (χ0v) is 12.4. The van der Waals surface area contributed by atoms with Crippen molar-refractivity contribution in [3.8, 4) is 0 Å². The topological polar surface area (TPSA) is 67.9 Å². The van der Waals surface area contributed by atoms with E-state index in [1.54, 1.807) is 0 Å². The van der Waals surface area contributed by atoms with Crippen molar-refractivity contribution < 1.29 is 19.1 Å². The van der Waals surface area contributed by atoms with Crippen molar-refractivity contribution in [2.45, 2.75) is 13.0 Å². The Bertz CT molecular complexity index is 612. The quantitative estimate of drug-likeness (QED) is 0.662. The first-order chi connectivity index (χ1) is 10.7. The summed E-state index contributed by atoms with van der Waals surface area (Å²) >= 11 is 0. The number of benzene rings is 1. The Morgan fingerprint density at radius 3 is 2.82 bits per heavy atom. The Morgan fingerprint density at radius 2 is 2.09 bits per heavy atom. The number of carbonyl (C=O) groups excluding carboxylic acids is 2. The van der Waals surface area contributed by atoms with Gasteiger partial charge in [0, 0.05) is 6.61 Å². The lowest BCUT2D eigenvalue weighted by Gasteiger charge is -2.32. The lowest BCUT2D eigenvalue weighted by atomic mass is 9.96. The van der Waals surface area contributed by atoms with Crippen LogP contribution in [0.15, 0.2) is 41.6 Å². The van der Waals surface area contributed by atoms with Gasteiger partial charge in [-0.25, -0.2) is 9.59 Å². The van der Waals surface area contributed by atoms with Crippen molar-refractivity contribution in [3.05, 3.63) is 47.2 Å². The maximum atomic E-state index is 12.4. The van der Waals surface area contributed by atoms with Crippen molar-refractivity contribution in [1.82, 2.24) is 10.2 Å². The van der Waals surface area contributed by atoms with E-state index >= 15 is 0 Å². The van der Waals surface area contributed by atoms with Crippen LogP contribution in [-0.4, -0.2) is 43.3 Å². The molecule has 0 spiro atoms. The van der Waals surface area contributed by atoms with Crippen LogP contribution in [0.5, 0.6) is 0 Å². The molecule has 0 saturated heterocycles. The van der Waals surface area contributed by atoms with Crippen LogP contribution in [0.2, 0.25) is 0 Å². The molecule has 1 aromatic rings. The number of urea groups is 1. The van der Waals surface area contributed by atoms with Crippen molar-refractivity contribution >= 4 is 12.0 Å². The number of ether oxygens (including phenoxy) is 2. The van der Waals surface area contributed by atoms with Gasteiger partial charge >= 0.3 is 12.0 Å². The van der Waals surface area contributed by atoms with Crippen LogP contribution < -0.4 is 5.32 Å². The van der Waals surface area contributed by atoms with Gasteiger partial charge in [-0.05, 0) is 12.5 Å². The molecule has 22 heavy (non-hydrogen) atoms. The van der Waals surface area contributed by atoms with Gasteiger partial charge in [0.2, 0.25) is 0 Å². The highest BCUT2D eigenvalue weighted by Crippen LogP contribution is 2.34. The molecule has 1 aromatic carbocycles. The van der Waals surface area contributed by atoms with Gasteiger partial charge in [-0.2, -0.15) is 0 Å². The minimum atomic E-state index is -0.456. The van der Waals surface area contributed by atoms with E-state index in [1.807, 2.05) is 37.3 Å². The third-order valence-electron chi connectivity index (χ3n) is 3.79. The Balaban J connectivity index is 1.92. The van der Waals surface area contributed by atoms with Gasteiger partial charge < -0.3 is 14.8 Å². The summed E-state index contributed by atoms with van der Waals surface area (Å²) in [5.41, 5.74) is 2.02. The van der Waals surface area contributed by atoms with Crippen LogP contribution in [0.1, 0.15) is 18.5 Å². The molecule has 2 amide bonds. The maximum absolute atomic E-state index is 12.4. The second-order valence-electron chi connectivity index (χ2n) is 5.08. The van der Waals surface area contributed by atoms with Crippen molar-refractivity contribution in [2.24, 2.45) is 0 Å². The van der Waals surface area contributed by atoms with Crippen LogP contribution in [0.3, 0.4) is 0 Å². The Morgan fingerprint density at radius 1 is 1.32 bits per heavy atom. The molecule has 0 fully saturated rings. The fourth-order valence-electron chi connectivity index (χ4n) is 2.74. The highest BCUT2D eigenvalue weighted by molar-refractivity contribution is 5.97. The number of cyclic esters (lactones) is 1. The number of hydrogen-bond acceptors (Lipinski definition) is 4. The van der Waals surface area contributed by atoms with E-state index in [2.05, 4.69) is 5.32 Å². The third-order valence-corrected chi connectivity index (χ3v) is 3.79. The van der Waals surface area contributed by atoms with Gasteiger partial charge in [0.1, 0.15) is 6.61 Å². The molecule has 1 N–H and O–H groups in total. The summed E-state index contributed by atoms with van der Waals surface area (Å²) in [6.07, 6.45) is 0. The molecule has 6 nitrogen and oxygen atoms in total. The fraction of sp³-hybridized carbons (Fsp3) is 0.375. The predicted molar refractivity (Wildman–Crippen MR) is 78.9 cm³/mol. The van der Waals surface area contributed by atoms with Gasteiger partial charge in [-0.1, -0.05) is 30.3 Å². The SMILES string of the molecule is CCOCCN1C(=O)NC(c2ccccc2)C2=C1COC2=O. The normalized spacial score (nSPS) is 20.8. The van der Waals surface area contributed by atoms with Crippen molar-refractivity contribution in [3.63, 3.8) is 0 Å². The number of amides is 2. The molecule has 2 aliphatic heterocycles. The number of nitrogens with one attached hydrogen (secondary N) is 1. The molecule has 116 valence electrons. The molecule has 0 aliphatic carbocycles. The van der Waals surface area contributed by atoms with Crippen LogP contribution in [0.4, 0.5) is 4.79 Å². The first-order valence-electron chi connectivity index (χ1n) is 7.33. The molecule has 3 rings (SSSR count). The zero-order valence-electron chi connectivity index (χ0n) is 12.4. The number of carbonyl (C=O) groups is 2. The van der Waals surface area contributed by atoms with Gasteiger partial charge in [0.15, 0.2) is 0 Å². The average Bonchev–Trinajstić information content (AvgIpc) is 2.92. The summed E-state index contributed by atoms with van der Waals surface area (Å²) in [6, 6.07) is 8.74. The van der Waals surface area contributed by atoms with E-state index in [9.17, 15) is 9.59 Å². The number of hydrogen-bond donors (Lipinski definition) is 1. The summed E-state index contributed by atoms with van der Waals surface area (Å²) < 4.78 is 10.5. The van der Waals surface area contributed by atoms with Gasteiger partial charge in [-0.3, -0.25) is 4.90 Å². The minimum Gasteiger partial charge on any atom is -0.456 e. The van der Waals surface area contributed by atoms with Crippen LogP contribution in [0.25, 0.3) is 0 Å². The molecule has 2 aliphatic rings. The molecule has 1 atom stereocenters. The molecular weight excluding hydrogens is 284 g/mol. The van der Waals surface area contributed by atoms with Crippen LogP contribution in [0, 0.1) is 0 Å². The van der Waals surface area contributed by atoms with Crippen LogP contribution >= 0.6 is 0 Å². The van der Waals surface area contributed by atoms with E-state index in [1.165, 1.54) is 4.90 Å². The molecule has 6 heteroatoms. The smallest absolute Gasteiger partial charge is 0.338 e. The maximum Gasteiger partial charge on any atom is 0.338 e. The molecule has 0 saturated carbocycles. The van der Waals surface area contributed by atoms with E-state index in [4.69, 9.17) is 9.47 Å². The first-order valence-corrected chi connectivity index (χ1v) is 7.33. The summed E-state index contributed by atoms with van der Waals surface area (Å²) in [5, 5.41) is 2.88. The standard InChI is InChI=1S/C16H18N2O4/c1-2-21-9-8-18-12-10-22-15(19)13(12)14(17-16(18)20)11-6-4-3-5-7-11/h3-7,14H,2,8-10H2,1H3,(H,17,20). The fourth-order valence-corrected chi connectivity index (χ4v) is 2.74. The summed E-state index contributed by atoms with van der Waals surface area (Å²) in [6.45, 7) is 3.44. The van der Waals surface area contributed by atoms with E-state index in [-0.39, 0.29) is 18.6 Å². The average molecular weight is 302 g/mol.